The van der Waals surface area contributed by atoms with Gasteiger partial charge in [0, 0.05) is 5.25 Å². The molecule has 2 saturated carbocycles. The lowest BCUT2D eigenvalue weighted by Gasteiger charge is -2.45. The molecule has 152 valence electrons. The zero-order valence-electron chi connectivity index (χ0n) is 17.3. The van der Waals surface area contributed by atoms with E-state index >= 15 is 0 Å². The molecular weight excluding hydrogens is 336 g/mol. The van der Waals surface area contributed by atoms with E-state index in [1.54, 1.807) is 0 Å². The zero-order valence-corrected chi connectivity index (χ0v) is 18.1. The Balaban J connectivity index is 1.66. The van der Waals surface area contributed by atoms with Crippen molar-refractivity contribution < 1.29 is 0 Å². The number of hydrogen-bond acceptors (Lipinski definition) is 2. The fraction of sp³-hybridized carbons (Fsp3) is 1.00. The van der Waals surface area contributed by atoms with Gasteiger partial charge >= 0.3 is 0 Å². The largest absolute Gasteiger partial charge is 0.180 e. The lowest BCUT2D eigenvalue weighted by atomic mass is 9.96. The van der Waals surface area contributed by atoms with Crippen LogP contribution >= 0.6 is 10.2 Å². The molecule has 2 aliphatic carbocycles. The van der Waals surface area contributed by atoms with E-state index in [2.05, 4.69) is 0 Å². The molecule has 3 fully saturated rings. The number of hydrogen-bond donors (Lipinski definition) is 0. The molecule has 1 heterocycles. The summed E-state index contributed by atoms with van der Waals surface area (Å²) in [5.41, 5.74) is 0. The van der Waals surface area contributed by atoms with Crippen molar-refractivity contribution >= 4 is 10.2 Å². The second kappa shape index (κ2) is 11.7. The SMILES string of the molecule is C1CCCCCC(S2(N=NC3CCCCC3)CCCCC2)CCCCC1. The predicted molar refractivity (Wildman–Crippen MR) is 117 cm³/mol. The van der Waals surface area contributed by atoms with Gasteiger partial charge in [-0.2, -0.15) is 5.11 Å². The molecule has 0 bridgehead atoms. The molecule has 1 saturated heterocycles. The molecule has 26 heavy (non-hydrogen) atoms. The van der Waals surface area contributed by atoms with E-state index in [1.165, 1.54) is 134 Å². The second-order valence-corrected chi connectivity index (χ2v) is 12.7. The highest BCUT2D eigenvalue weighted by molar-refractivity contribution is 8.33. The van der Waals surface area contributed by atoms with Crippen LogP contribution in [0.1, 0.15) is 122 Å². The minimum Gasteiger partial charge on any atom is -0.180 e. The Kier molecular flexibility index (Phi) is 9.32. The third kappa shape index (κ3) is 6.53. The van der Waals surface area contributed by atoms with Crippen LogP contribution in [0.2, 0.25) is 0 Å². The molecule has 0 radical (unpaired) electrons. The van der Waals surface area contributed by atoms with Gasteiger partial charge in [0.15, 0.2) is 0 Å². The van der Waals surface area contributed by atoms with E-state index < -0.39 is 10.2 Å². The van der Waals surface area contributed by atoms with E-state index in [0.717, 1.165) is 5.25 Å². The molecule has 0 N–H and O–H groups in total. The molecule has 0 unspecified atom stereocenters. The first-order chi connectivity index (χ1) is 12.9. The van der Waals surface area contributed by atoms with Gasteiger partial charge in [0.25, 0.3) is 0 Å². The highest BCUT2D eigenvalue weighted by Gasteiger charge is 2.35. The van der Waals surface area contributed by atoms with Crippen LogP contribution in [0.15, 0.2) is 9.63 Å². The Morgan fingerprint density at radius 2 is 0.885 bits per heavy atom. The Morgan fingerprint density at radius 3 is 1.46 bits per heavy atom. The smallest absolute Gasteiger partial charge is 0.0718 e. The Bertz CT molecular complexity index is 385. The van der Waals surface area contributed by atoms with Crippen molar-refractivity contribution in [3.63, 3.8) is 0 Å². The van der Waals surface area contributed by atoms with Crippen molar-refractivity contribution in [2.24, 2.45) is 9.63 Å². The van der Waals surface area contributed by atoms with Crippen molar-refractivity contribution in [2.45, 2.75) is 133 Å². The monoisotopic (exact) mass is 380 g/mol. The summed E-state index contributed by atoms with van der Waals surface area (Å²) in [6.07, 6.45) is 27.2. The first-order valence-electron chi connectivity index (χ1n) is 12.1. The van der Waals surface area contributed by atoms with Gasteiger partial charge in [0.05, 0.1) is 6.04 Å². The van der Waals surface area contributed by atoms with Gasteiger partial charge in [-0.1, -0.05) is 83.5 Å². The molecule has 3 heteroatoms. The molecule has 2 nitrogen and oxygen atoms in total. The third-order valence-electron chi connectivity index (χ3n) is 7.12. The lowest BCUT2D eigenvalue weighted by molar-refractivity contribution is 0.433. The van der Waals surface area contributed by atoms with Crippen LogP contribution in [0.25, 0.3) is 0 Å². The topological polar surface area (TPSA) is 24.7 Å². The Labute approximate surface area is 164 Å². The van der Waals surface area contributed by atoms with Crippen LogP contribution in [0.3, 0.4) is 0 Å². The zero-order chi connectivity index (χ0) is 17.9. The molecule has 3 aliphatic rings. The van der Waals surface area contributed by atoms with E-state index in [0.29, 0.717) is 6.04 Å². The Hall–Kier alpha value is -0.0500. The van der Waals surface area contributed by atoms with Crippen LogP contribution in [0.4, 0.5) is 0 Å². The van der Waals surface area contributed by atoms with E-state index in [-0.39, 0.29) is 0 Å². The fourth-order valence-corrected chi connectivity index (χ4v) is 9.49. The van der Waals surface area contributed by atoms with Crippen LogP contribution in [0, 0.1) is 0 Å². The van der Waals surface area contributed by atoms with Crippen LogP contribution in [0.5, 0.6) is 0 Å². The molecule has 0 spiro atoms. The minimum atomic E-state index is -0.829. The van der Waals surface area contributed by atoms with Crippen molar-refractivity contribution in [3.05, 3.63) is 0 Å². The minimum absolute atomic E-state index is 0.571. The molecule has 0 amide bonds. The highest BCUT2D eigenvalue weighted by atomic mass is 32.3. The van der Waals surface area contributed by atoms with Crippen molar-refractivity contribution in [2.75, 3.05) is 11.5 Å². The summed E-state index contributed by atoms with van der Waals surface area (Å²) < 4.78 is 5.34. The Morgan fingerprint density at radius 1 is 0.462 bits per heavy atom. The molecule has 0 aromatic rings. The fourth-order valence-electron chi connectivity index (χ4n) is 5.39. The maximum atomic E-state index is 5.34. The number of rotatable bonds is 3. The van der Waals surface area contributed by atoms with Crippen molar-refractivity contribution in [1.29, 1.82) is 0 Å². The third-order valence-corrected chi connectivity index (χ3v) is 11.2. The second-order valence-electron chi connectivity index (χ2n) is 9.24. The molecule has 0 aromatic carbocycles. The normalized spacial score (nSPS) is 29.7. The molecule has 0 atom stereocenters. The summed E-state index contributed by atoms with van der Waals surface area (Å²) in [5.74, 6) is 2.82. The molecule has 0 aromatic heterocycles. The van der Waals surface area contributed by atoms with Gasteiger partial charge < -0.3 is 0 Å². The maximum Gasteiger partial charge on any atom is 0.0718 e. The van der Waals surface area contributed by atoms with Gasteiger partial charge in [0.2, 0.25) is 0 Å². The van der Waals surface area contributed by atoms with E-state index in [9.17, 15) is 0 Å². The van der Waals surface area contributed by atoms with Gasteiger partial charge in [-0.05, 0) is 50.0 Å². The quantitative estimate of drug-likeness (QED) is 0.439. The summed E-state index contributed by atoms with van der Waals surface area (Å²) in [5, 5.41) is 5.94. The van der Waals surface area contributed by atoms with Crippen molar-refractivity contribution in [3.8, 4) is 0 Å². The van der Waals surface area contributed by atoms with Crippen molar-refractivity contribution in [1.82, 2.24) is 0 Å². The molecule has 3 rings (SSSR count). The average Bonchev–Trinajstić information content (AvgIpc) is 2.68. The van der Waals surface area contributed by atoms with Crippen LogP contribution in [-0.2, 0) is 0 Å². The highest BCUT2D eigenvalue weighted by Crippen LogP contribution is 2.60. The first-order valence-corrected chi connectivity index (χ1v) is 14.1. The van der Waals surface area contributed by atoms with Gasteiger partial charge in [-0.15, -0.1) is 14.7 Å². The van der Waals surface area contributed by atoms with Gasteiger partial charge in [0.1, 0.15) is 0 Å². The predicted octanol–water partition coefficient (Wildman–Crippen LogP) is 8.35. The lowest BCUT2D eigenvalue weighted by Crippen LogP contribution is -2.26. The molecule has 1 aliphatic heterocycles. The number of nitrogens with zero attached hydrogens (tertiary/aromatic N) is 2. The van der Waals surface area contributed by atoms with Crippen LogP contribution in [-0.4, -0.2) is 22.8 Å². The van der Waals surface area contributed by atoms with E-state index in [1.807, 2.05) is 0 Å². The van der Waals surface area contributed by atoms with Crippen LogP contribution < -0.4 is 0 Å². The van der Waals surface area contributed by atoms with Gasteiger partial charge in [-0.3, -0.25) is 0 Å². The summed E-state index contributed by atoms with van der Waals surface area (Å²) in [6.45, 7) is 0. The average molecular weight is 381 g/mol. The van der Waals surface area contributed by atoms with E-state index in [4.69, 9.17) is 9.63 Å². The molecular formula is C23H44N2S. The summed E-state index contributed by atoms with van der Waals surface area (Å²) in [6, 6.07) is 0.571. The summed E-state index contributed by atoms with van der Waals surface area (Å²) in [7, 11) is -0.829. The van der Waals surface area contributed by atoms with Gasteiger partial charge in [-0.25, -0.2) is 0 Å². The first kappa shape index (κ1) is 20.7. The summed E-state index contributed by atoms with van der Waals surface area (Å²) >= 11 is 0. The summed E-state index contributed by atoms with van der Waals surface area (Å²) in [4.78, 5) is 0. The maximum absolute atomic E-state index is 5.34. The standard InChI is InChI=1S/C23H44N2S/c1-2-4-6-12-18-23(19-13-7-5-3-1)26(20-14-9-15-21-26)25-24-22-16-10-8-11-17-22/h22-23H,1-21H2.